The van der Waals surface area contributed by atoms with Crippen molar-refractivity contribution in [2.24, 2.45) is 23.7 Å². The van der Waals surface area contributed by atoms with Crippen molar-refractivity contribution in [2.75, 3.05) is 13.6 Å². The van der Waals surface area contributed by atoms with Crippen LogP contribution in [0.4, 0.5) is 4.79 Å². The topological polar surface area (TPSA) is 73.5 Å². The third-order valence-corrected chi connectivity index (χ3v) is 7.12. The predicted octanol–water partition coefficient (Wildman–Crippen LogP) is 2.34. The number of nitrogens with zero attached hydrogens (tertiary/aromatic N) is 1. The molecule has 0 aromatic carbocycles. The molecule has 27 heavy (non-hydrogen) atoms. The third kappa shape index (κ3) is 4.58. The van der Waals surface area contributed by atoms with Crippen molar-refractivity contribution in [3.8, 4) is 0 Å². The van der Waals surface area contributed by atoms with Gasteiger partial charge in [-0.2, -0.15) is 0 Å². The smallest absolute Gasteiger partial charge is 0.315 e. The molecule has 3 rings (SSSR count). The second-order valence-corrected chi connectivity index (χ2v) is 9.59. The number of likely N-dealkylation sites (tertiary alicyclic amines) is 1. The molecule has 3 aliphatic rings. The Bertz CT molecular complexity index is 552. The molecule has 0 aromatic rings. The molecule has 1 aliphatic carbocycles. The highest BCUT2D eigenvalue weighted by Gasteiger charge is 2.47. The fraction of sp³-hybridized carbons (Fsp3) is 0.905. The van der Waals surface area contributed by atoms with Crippen LogP contribution in [0.2, 0.25) is 0 Å². The van der Waals surface area contributed by atoms with Crippen molar-refractivity contribution in [1.82, 2.24) is 20.9 Å². The number of carbonyl (C=O) groups excluding carboxylic acids is 2. The van der Waals surface area contributed by atoms with Crippen LogP contribution in [0, 0.1) is 23.7 Å². The summed E-state index contributed by atoms with van der Waals surface area (Å²) in [6, 6.07) is 1.09. The minimum absolute atomic E-state index is 0.0825. The van der Waals surface area contributed by atoms with E-state index in [-0.39, 0.29) is 24.0 Å². The van der Waals surface area contributed by atoms with Crippen molar-refractivity contribution in [3.63, 3.8) is 0 Å². The van der Waals surface area contributed by atoms with E-state index in [0.717, 1.165) is 38.6 Å². The summed E-state index contributed by atoms with van der Waals surface area (Å²) in [5, 5.41) is 9.66. The lowest BCUT2D eigenvalue weighted by Gasteiger charge is -2.50. The maximum Gasteiger partial charge on any atom is 0.315 e. The molecule has 2 aliphatic heterocycles. The Morgan fingerprint density at radius 3 is 2.63 bits per heavy atom. The van der Waals surface area contributed by atoms with Gasteiger partial charge in [0.05, 0.1) is 0 Å². The fourth-order valence-corrected chi connectivity index (χ4v) is 5.59. The first kappa shape index (κ1) is 20.4. The summed E-state index contributed by atoms with van der Waals surface area (Å²) in [6.45, 7) is 9.45. The molecule has 0 radical (unpaired) electrons. The molecule has 3 fully saturated rings. The van der Waals surface area contributed by atoms with Gasteiger partial charge in [-0.25, -0.2) is 4.79 Å². The van der Waals surface area contributed by atoms with Gasteiger partial charge >= 0.3 is 6.03 Å². The van der Waals surface area contributed by atoms with Gasteiger partial charge in [-0.05, 0) is 70.6 Å². The van der Waals surface area contributed by atoms with E-state index in [1.807, 2.05) is 25.8 Å². The van der Waals surface area contributed by atoms with Crippen molar-refractivity contribution in [2.45, 2.75) is 84.0 Å². The summed E-state index contributed by atoms with van der Waals surface area (Å²) in [5.41, 5.74) is 0. The zero-order valence-corrected chi connectivity index (χ0v) is 17.6. The summed E-state index contributed by atoms with van der Waals surface area (Å²) in [7, 11) is 2.00. The van der Waals surface area contributed by atoms with Gasteiger partial charge in [0.1, 0.15) is 0 Å². The Kier molecular flexibility index (Phi) is 6.34. The number of fused-ring (bicyclic) bond motifs is 1. The van der Waals surface area contributed by atoms with Crippen LogP contribution in [0.1, 0.15) is 59.8 Å². The standard InChI is InChI=1S/C21H38N4O2/c1-12(2)23-21(27)24-16-7-6-13(3)17(10-16)18-9-15-11-22-14(4)8-19(15)25(5)20(18)26/h12-19,22H,6-11H2,1-5H3,(H2,23,24,27). The summed E-state index contributed by atoms with van der Waals surface area (Å²) in [4.78, 5) is 27.4. The van der Waals surface area contributed by atoms with Gasteiger partial charge in [-0.3, -0.25) is 4.79 Å². The normalized spacial score (nSPS) is 39.9. The Morgan fingerprint density at radius 2 is 1.93 bits per heavy atom. The number of rotatable bonds is 3. The van der Waals surface area contributed by atoms with Gasteiger partial charge in [-0.15, -0.1) is 0 Å². The minimum Gasteiger partial charge on any atom is -0.342 e. The molecule has 154 valence electrons. The van der Waals surface area contributed by atoms with E-state index in [0.29, 0.717) is 35.7 Å². The number of hydrogen-bond donors (Lipinski definition) is 3. The van der Waals surface area contributed by atoms with Crippen LogP contribution in [0.5, 0.6) is 0 Å². The van der Waals surface area contributed by atoms with Crippen LogP contribution in [-0.2, 0) is 4.79 Å². The van der Waals surface area contributed by atoms with E-state index in [9.17, 15) is 9.59 Å². The highest BCUT2D eigenvalue weighted by Crippen LogP contribution is 2.43. The predicted molar refractivity (Wildman–Crippen MR) is 107 cm³/mol. The minimum atomic E-state index is -0.0825. The second kappa shape index (κ2) is 8.38. The molecule has 0 bridgehead atoms. The van der Waals surface area contributed by atoms with Crippen LogP contribution in [0.25, 0.3) is 0 Å². The molecular weight excluding hydrogens is 340 g/mol. The van der Waals surface area contributed by atoms with Gasteiger partial charge in [0, 0.05) is 43.7 Å². The molecule has 7 atom stereocenters. The quantitative estimate of drug-likeness (QED) is 0.706. The number of urea groups is 1. The molecule has 3 amide bonds. The highest BCUT2D eigenvalue weighted by molar-refractivity contribution is 5.80. The second-order valence-electron chi connectivity index (χ2n) is 9.59. The molecule has 2 saturated heterocycles. The number of carbonyl (C=O) groups is 2. The summed E-state index contributed by atoms with van der Waals surface area (Å²) >= 11 is 0. The monoisotopic (exact) mass is 378 g/mol. The maximum atomic E-state index is 13.2. The maximum absolute atomic E-state index is 13.2. The lowest BCUT2D eigenvalue weighted by Crippen LogP contribution is -2.60. The van der Waals surface area contributed by atoms with Crippen LogP contribution in [0.3, 0.4) is 0 Å². The number of piperidine rings is 2. The van der Waals surface area contributed by atoms with Crippen molar-refractivity contribution in [1.29, 1.82) is 0 Å². The van der Waals surface area contributed by atoms with Crippen LogP contribution in [0.15, 0.2) is 0 Å². The van der Waals surface area contributed by atoms with Gasteiger partial charge in [-0.1, -0.05) is 6.92 Å². The van der Waals surface area contributed by atoms with Crippen LogP contribution in [-0.4, -0.2) is 54.6 Å². The Morgan fingerprint density at radius 1 is 1.19 bits per heavy atom. The van der Waals surface area contributed by atoms with E-state index in [2.05, 4.69) is 29.8 Å². The summed E-state index contributed by atoms with van der Waals surface area (Å²) in [6.07, 6.45) is 5.05. The zero-order chi connectivity index (χ0) is 19.7. The molecule has 6 nitrogen and oxygen atoms in total. The molecule has 3 N–H and O–H groups in total. The SMILES string of the molecule is CC(C)NC(=O)NC1CCC(C)C(C2CC3CNC(C)CC3N(C)C2=O)C1. The first-order valence-corrected chi connectivity index (χ1v) is 10.8. The lowest BCUT2D eigenvalue weighted by molar-refractivity contribution is -0.148. The van der Waals surface area contributed by atoms with E-state index >= 15 is 0 Å². The van der Waals surface area contributed by atoms with Gasteiger partial charge in [0.2, 0.25) is 5.91 Å². The molecule has 0 aromatic heterocycles. The zero-order valence-electron chi connectivity index (χ0n) is 17.6. The van der Waals surface area contributed by atoms with E-state index in [1.54, 1.807) is 0 Å². The van der Waals surface area contributed by atoms with E-state index < -0.39 is 0 Å². The molecule has 7 unspecified atom stereocenters. The molecule has 2 heterocycles. The molecule has 6 heteroatoms. The average Bonchev–Trinajstić information content (AvgIpc) is 2.60. The van der Waals surface area contributed by atoms with E-state index in [4.69, 9.17) is 0 Å². The van der Waals surface area contributed by atoms with Crippen LogP contribution < -0.4 is 16.0 Å². The first-order chi connectivity index (χ1) is 12.8. The van der Waals surface area contributed by atoms with Crippen molar-refractivity contribution in [3.05, 3.63) is 0 Å². The summed E-state index contributed by atoms with van der Waals surface area (Å²) in [5.74, 6) is 1.87. The number of hydrogen-bond acceptors (Lipinski definition) is 3. The Labute approximate surface area is 164 Å². The third-order valence-electron chi connectivity index (χ3n) is 7.12. The van der Waals surface area contributed by atoms with Crippen molar-refractivity contribution >= 4 is 11.9 Å². The largest absolute Gasteiger partial charge is 0.342 e. The van der Waals surface area contributed by atoms with Gasteiger partial charge in [0.25, 0.3) is 0 Å². The average molecular weight is 379 g/mol. The highest BCUT2D eigenvalue weighted by atomic mass is 16.2. The molecular formula is C21H38N4O2. The van der Waals surface area contributed by atoms with Gasteiger partial charge in [0.15, 0.2) is 0 Å². The van der Waals surface area contributed by atoms with E-state index in [1.165, 1.54) is 0 Å². The summed E-state index contributed by atoms with van der Waals surface area (Å²) < 4.78 is 0. The van der Waals surface area contributed by atoms with Crippen LogP contribution >= 0.6 is 0 Å². The number of nitrogens with one attached hydrogen (secondary N) is 3. The molecule has 0 spiro atoms. The van der Waals surface area contributed by atoms with Gasteiger partial charge < -0.3 is 20.9 Å². The lowest BCUT2D eigenvalue weighted by atomic mass is 9.65. The molecule has 1 saturated carbocycles. The Hall–Kier alpha value is -1.30. The van der Waals surface area contributed by atoms with Crippen molar-refractivity contribution < 1.29 is 9.59 Å². The first-order valence-electron chi connectivity index (χ1n) is 10.8. The number of amides is 3. The fourth-order valence-electron chi connectivity index (χ4n) is 5.59. The Balaban J connectivity index is 1.66.